The van der Waals surface area contributed by atoms with Crippen LogP contribution in [0.1, 0.15) is 11.8 Å². The maximum atomic E-state index is 9.41. The van der Waals surface area contributed by atoms with Gasteiger partial charge in [-0.15, -0.1) is 5.10 Å². The first-order valence-corrected chi connectivity index (χ1v) is 3.80. The van der Waals surface area contributed by atoms with Gasteiger partial charge >= 0.3 is 0 Å². The largest absolute Gasteiger partial charge is 0.389 e. The van der Waals surface area contributed by atoms with E-state index in [2.05, 4.69) is 10.2 Å². The maximum Gasteiger partial charge on any atom is 0.146 e. The van der Waals surface area contributed by atoms with Crippen LogP contribution in [-0.4, -0.2) is 33.1 Å². The lowest BCUT2D eigenvalue weighted by molar-refractivity contribution is 0.0212. The van der Waals surface area contributed by atoms with Crippen LogP contribution in [0.2, 0.25) is 0 Å². The lowest BCUT2D eigenvalue weighted by Gasteiger charge is -2.14. The smallest absolute Gasteiger partial charge is 0.146 e. The zero-order valence-electron chi connectivity index (χ0n) is 6.96. The minimum Gasteiger partial charge on any atom is -0.389 e. The number of hydrogen-bond donors (Lipinski definition) is 4. The molecule has 1 aromatic heterocycles. The third kappa shape index (κ3) is 2.35. The standard InChI is InChI=1S/C7H12N4O2/c8-3-5(12)7(13)4-1-2-6(9)11-10-4/h1-2,5,7,12-13H,3,8H2,(H2,9,11). The van der Waals surface area contributed by atoms with E-state index in [1.807, 2.05) is 0 Å². The zero-order chi connectivity index (χ0) is 9.84. The second-order valence-corrected chi connectivity index (χ2v) is 2.63. The Kier molecular flexibility index (Phi) is 3.13. The van der Waals surface area contributed by atoms with E-state index in [1.165, 1.54) is 12.1 Å². The fourth-order valence-corrected chi connectivity index (χ4v) is 0.837. The number of aliphatic hydroxyl groups is 2. The molecule has 2 atom stereocenters. The van der Waals surface area contributed by atoms with Gasteiger partial charge in [0.2, 0.25) is 0 Å². The van der Waals surface area contributed by atoms with Crippen molar-refractivity contribution < 1.29 is 10.2 Å². The summed E-state index contributed by atoms with van der Waals surface area (Å²) in [5, 5.41) is 25.7. The van der Waals surface area contributed by atoms with E-state index in [0.717, 1.165) is 0 Å². The average molecular weight is 184 g/mol. The van der Waals surface area contributed by atoms with Gasteiger partial charge in [-0.2, -0.15) is 5.10 Å². The first-order chi connectivity index (χ1) is 6.15. The number of rotatable bonds is 3. The van der Waals surface area contributed by atoms with Crippen LogP contribution >= 0.6 is 0 Å². The molecule has 0 aliphatic carbocycles. The molecule has 6 nitrogen and oxygen atoms in total. The fraction of sp³-hybridized carbons (Fsp3) is 0.429. The van der Waals surface area contributed by atoms with Crippen molar-refractivity contribution in [3.05, 3.63) is 17.8 Å². The highest BCUT2D eigenvalue weighted by Crippen LogP contribution is 2.13. The predicted octanol–water partition coefficient (Wildman–Crippen LogP) is -1.59. The summed E-state index contributed by atoms with van der Waals surface area (Å²) in [6.45, 7) is -0.0345. The number of aliphatic hydroxyl groups excluding tert-OH is 2. The quantitative estimate of drug-likeness (QED) is 0.450. The van der Waals surface area contributed by atoms with Crippen molar-refractivity contribution in [2.24, 2.45) is 5.73 Å². The van der Waals surface area contributed by atoms with Crippen LogP contribution in [0.5, 0.6) is 0 Å². The highest BCUT2D eigenvalue weighted by atomic mass is 16.3. The molecule has 0 aliphatic rings. The fourth-order valence-electron chi connectivity index (χ4n) is 0.837. The summed E-state index contributed by atoms with van der Waals surface area (Å²) in [5.41, 5.74) is 10.7. The molecule has 0 aliphatic heterocycles. The molecule has 6 N–H and O–H groups in total. The summed E-state index contributed by atoms with van der Waals surface area (Å²) < 4.78 is 0. The topological polar surface area (TPSA) is 118 Å². The molecule has 0 spiro atoms. The molecule has 0 radical (unpaired) electrons. The molecule has 0 saturated carbocycles. The van der Waals surface area contributed by atoms with Gasteiger partial charge < -0.3 is 21.7 Å². The van der Waals surface area contributed by atoms with Crippen molar-refractivity contribution in [3.8, 4) is 0 Å². The summed E-state index contributed by atoms with van der Waals surface area (Å²) >= 11 is 0. The summed E-state index contributed by atoms with van der Waals surface area (Å²) in [6, 6.07) is 2.99. The van der Waals surface area contributed by atoms with Crippen molar-refractivity contribution in [3.63, 3.8) is 0 Å². The molecular weight excluding hydrogens is 172 g/mol. The number of nitrogens with zero attached hydrogens (tertiary/aromatic N) is 2. The number of nitrogen functional groups attached to an aromatic ring is 1. The Morgan fingerprint density at radius 1 is 1.31 bits per heavy atom. The highest BCUT2D eigenvalue weighted by Gasteiger charge is 2.18. The molecule has 1 heterocycles. The van der Waals surface area contributed by atoms with E-state index < -0.39 is 12.2 Å². The first-order valence-electron chi connectivity index (χ1n) is 3.80. The Hall–Kier alpha value is -1.24. The number of nitrogens with two attached hydrogens (primary N) is 2. The van der Waals surface area contributed by atoms with E-state index in [1.54, 1.807) is 0 Å². The maximum absolute atomic E-state index is 9.41. The van der Waals surface area contributed by atoms with Gasteiger partial charge in [-0.25, -0.2) is 0 Å². The van der Waals surface area contributed by atoms with Crippen molar-refractivity contribution in [1.82, 2.24) is 10.2 Å². The average Bonchev–Trinajstić information content (AvgIpc) is 2.17. The van der Waals surface area contributed by atoms with E-state index in [4.69, 9.17) is 11.5 Å². The van der Waals surface area contributed by atoms with Crippen LogP contribution in [0.15, 0.2) is 12.1 Å². The Labute approximate surface area is 75.2 Å². The monoisotopic (exact) mass is 184 g/mol. The zero-order valence-corrected chi connectivity index (χ0v) is 6.96. The Morgan fingerprint density at radius 3 is 2.46 bits per heavy atom. The van der Waals surface area contributed by atoms with Gasteiger partial charge in [-0.3, -0.25) is 0 Å². The third-order valence-corrected chi connectivity index (χ3v) is 1.61. The van der Waals surface area contributed by atoms with E-state index >= 15 is 0 Å². The Morgan fingerprint density at radius 2 is 2.00 bits per heavy atom. The van der Waals surface area contributed by atoms with Crippen molar-refractivity contribution in [2.75, 3.05) is 12.3 Å². The van der Waals surface area contributed by atoms with E-state index in [-0.39, 0.29) is 18.1 Å². The molecule has 6 heteroatoms. The summed E-state index contributed by atoms with van der Waals surface area (Å²) in [7, 11) is 0. The number of anilines is 1. The van der Waals surface area contributed by atoms with Gasteiger partial charge in [0.25, 0.3) is 0 Å². The highest BCUT2D eigenvalue weighted by molar-refractivity contribution is 5.26. The van der Waals surface area contributed by atoms with Gasteiger partial charge in [0.1, 0.15) is 11.9 Å². The second-order valence-electron chi connectivity index (χ2n) is 2.63. The molecule has 1 aromatic rings. The normalized spacial score (nSPS) is 15.3. The van der Waals surface area contributed by atoms with Gasteiger partial charge in [-0.1, -0.05) is 0 Å². The van der Waals surface area contributed by atoms with E-state index in [9.17, 15) is 10.2 Å². The summed E-state index contributed by atoms with van der Waals surface area (Å²) in [5.74, 6) is 0.262. The molecule has 1 rings (SSSR count). The minimum absolute atomic E-state index is 0.0345. The van der Waals surface area contributed by atoms with Crippen molar-refractivity contribution in [2.45, 2.75) is 12.2 Å². The molecule has 0 bridgehead atoms. The molecule has 13 heavy (non-hydrogen) atoms. The van der Waals surface area contributed by atoms with Crippen molar-refractivity contribution in [1.29, 1.82) is 0 Å². The van der Waals surface area contributed by atoms with Gasteiger partial charge in [0.05, 0.1) is 11.8 Å². The molecule has 2 unspecified atom stereocenters. The van der Waals surface area contributed by atoms with Crippen LogP contribution in [0.25, 0.3) is 0 Å². The predicted molar refractivity (Wildman–Crippen MR) is 46.5 cm³/mol. The van der Waals surface area contributed by atoms with Crippen LogP contribution < -0.4 is 11.5 Å². The molecule has 0 amide bonds. The van der Waals surface area contributed by atoms with E-state index in [0.29, 0.717) is 0 Å². The summed E-state index contributed by atoms with van der Waals surface area (Å²) in [4.78, 5) is 0. The van der Waals surface area contributed by atoms with Crippen LogP contribution in [0.3, 0.4) is 0 Å². The van der Waals surface area contributed by atoms with Crippen molar-refractivity contribution >= 4 is 5.82 Å². The molecular formula is C7H12N4O2. The van der Waals surface area contributed by atoms with Crippen LogP contribution in [-0.2, 0) is 0 Å². The van der Waals surface area contributed by atoms with Gasteiger partial charge in [0, 0.05) is 6.54 Å². The lowest BCUT2D eigenvalue weighted by Crippen LogP contribution is -2.27. The SMILES string of the molecule is NCC(O)C(O)c1ccc(N)nn1. The second kappa shape index (κ2) is 4.13. The first kappa shape index (κ1) is 9.85. The Bertz CT molecular complexity index is 264. The number of hydrogen-bond acceptors (Lipinski definition) is 6. The summed E-state index contributed by atoms with van der Waals surface area (Å²) in [6.07, 6.45) is -2.14. The van der Waals surface area contributed by atoms with Crippen LogP contribution in [0, 0.1) is 0 Å². The van der Waals surface area contributed by atoms with Gasteiger partial charge in [0.15, 0.2) is 0 Å². The molecule has 72 valence electrons. The van der Waals surface area contributed by atoms with Crippen LogP contribution in [0.4, 0.5) is 5.82 Å². The number of aromatic nitrogens is 2. The molecule has 0 fully saturated rings. The minimum atomic E-state index is -1.11. The lowest BCUT2D eigenvalue weighted by atomic mass is 10.1. The molecule has 0 aromatic carbocycles. The molecule has 0 saturated heterocycles. The Balaban J connectivity index is 2.77. The third-order valence-electron chi connectivity index (χ3n) is 1.61. The van der Waals surface area contributed by atoms with Gasteiger partial charge in [-0.05, 0) is 12.1 Å².